The maximum atomic E-state index is 12.4. The zero-order valence-corrected chi connectivity index (χ0v) is 16.0. The van der Waals surface area contributed by atoms with E-state index in [0.29, 0.717) is 19.7 Å². The Hall–Kier alpha value is -2.08. The number of guanidine groups is 1. The highest BCUT2D eigenvalue weighted by molar-refractivity contribution is 5.92. The van der Waals surface area contributed by atoms with Crippen LogP contribution in [0.3, 0.4) is 0 Å². The van der Waals surface area contributed by atoms with E-state index in [-0.39, 0.29) is 11.8 Å². The molecule has 1 amide bonds. The van der Waals surface area contributed by atoms with Crippen LogP contribution in [0.1, 0.15) is 44.6 Å². The number of ether oxygens (including phenoxy) is 1. The van der Waals surface area contributed by atoms with Gasteiger partial charge >= 0.3 is 0 Å². The molecule has 0 atom stereocenters. The van der Waals surface area contributed by atoms with Crippen LogP contribution in [-0.4, -0.2) is 38.7 Å². The van der Waals surface area contributed by atoms with Gasteiger partial charge in [-0.15, -0.1) is 0 Å². The van der Waals surface area contributed by atoms with E-state index in [1.165, 1.54) is 6.42 Å². The molecule has 1 aromatic carbocycles. The molecule has 26 heavy (non-hydrogen) atoms. The number of rotatable bonds is 8. The van der Waals surface area contributed by atoms with Crippen LogP contribution in [0.25, 0.3) is 0 Å². The lowest BCUT2D eigenvalue weighted by atomic mass is 9.88. The summed E-state index contributed by atoms with van der Waals surface area (Å²) in [4.78, 5) is 17.0. The molecule has 1 fully saturated rings. The fourth-order valence-corrected chi connectivity index (χ4v) is 3.14. The summed E-state index contributed by atoms with van der Waals surface area (Å²) in [5.74, 6) is 1.08. The first-order valence-corrected chi connectivity index (χ1v) is 9.64. The second-order valence-electron chi connectivity index (χ2n) is 6.64. The molecule has 3 N–H and O–H groups in total. The van der Waals surface area contributed by atoms with Gasteiger partial charge < -0.3 is 20.7 Å². The van der Waals surface area contributed by atoms with Crippen molar-refractivity contribution in [3.8, 4) is 0 Å². The van der Waals surface area contributed by atoms with Gasteiger partial charge in [0.2, 0.25) is 5.91 Å². The monoisotopic (exact) mass is 360 g/mol. The van der Waals surface area contributed by atoms with E-state index in [4.69, 9.17) is 4.74 Å². The van der Waals surface area contributed by atoms with Gasteiger partial charge in [0, 0.05) is 31.8 Å². The molecular weight excluding hydrogens is 328 g/mol. The molecule has 0 aromatic heterocycles. The summed E-state index contributed by atoms with van der Waals surface area (Å²) in [7, 11) is 1.68. The van der Waals surface area contributed by atoms with Crippen molar-refractivity contribution < 1.29 is 9.53 Å². The zero-order valence-electron chi connectivity index (χ0n) is 16.0. The largest absolute Gasteiger partial charge is 0.383 e. The molecule has 0 aliphatic heterocycles. The summed E-state index contributed by atoms with van der Waals surface area (Å²) < 4.78 is 5.05. The normalized spacial score (nSPS) is 15.5. The highest BCUT2D eigenvalue weighted by Gasteiger charge is 2.20. The molecule has 0 heterocycles. The second kappa shape index (κ2) is 11.5. The van der Waals surface area contributed by atoms with Gasteiger partial charge in [0.25, 0.3) is 0 Å². The summed E-state index contributed by atoms with van der Waals surface area (Å²) in [6.07, 6.45) is 5.60. The van der Waals surface area contributed by atoms with E-state index in [1.54, 1.807) is 7.11 Å². The molecule has 2 rings (SSSR count). The highest BCUT2D eigenvalue weighted by Crippen LogP contribution is 2.25. The van der Waals surface area contributed by atoms with Crippen molar-refractivity contribution in [1.82, 2.24) is 10.6 Å². The number of methoxy groups -OCH3 is 1. The topological polar surface area (TPSA) is 74.8 Å². The molecule has 1 aliphatic rings. The Morgan fingerprint density at radius 1 is 1.23 bits per heavy atom. The van der Waals surface area contributed by atoms with Gasteiger partial charge in [0.05, 0.1) is 13.2 Å². The first-order valence-electron chi connectivity index (χ1n) is 9.64. The number of nitrogens with one attached hydrogen (secondary N) is 3. The minimum atomic E-state index is 0.153. The van der Waals surface area contributed by atoms with E-state index < -0.39 is 0 Å². The van der Waals surface area contributed by atoms with Crippen LogP contribution in [0.2, 0.25) is 0 Å². The number of anilines is 1. The number of carbonyl (C=O) groups excluding carboxylic acids is 1. The predicted octanol–water partition coefficient (Wildman–Crippen LogP) is 2.91. The van der Waals surface area contributed by atoms with Crippen LogP contribution in [-0.2, 0) is 16.1 Å². The van der Waals surface area contributed by atoms with Gasteiger partial charge in [-0.3, -0.25) is 4.79 Å². The van der Waals surface area contributed by atoms with E-state index in [0.717, 1.165) is 49.4 Å². The molecule has 0 bridgehead atoms. The van der Waals surface area contributed by atoms with Gasteiger partial charge in [-0.05, 0) is 37.5 Å². The molecule has 1 aliphatic carbocycles. The van der Waals surface area contributed by atoms with Crippen LogP contribution >= 0.6 is 0 Å². The van der Waals surface area contributed by atoms with Gasteiger partial charge in [-0.1, -0.05) is 31.4 Å². The van der Waals surface area contributed by atoms with Gasteiger partial charge in [0.1, 0.15) is 0 Å². The Bertz CT molecular complexity index is 583. The smallest absolute Gasteiger partial charge is 0.227 e. The Labute approximate surface area is 156 Å². The number of benzene rings is 1. The first kappa shape index (κ1) is 20.2. The van der Waals surface area contributed by atoms with Crippen LogP contribution in [0.5, 0.6) is 0 Å². The van der Waals surface area contributed by atoms with Crippen molar-refractivity contribution in [2.75, 3.05) is 32.1 Å². The number of hydrogen-bond acceptors (Lipinski definition) is 3. The van der Waals surface area contributed by atoms with E-state index in [2.05, 4.69) is 20.9 Å². The molecule has 0 saturated heterocycles. The van der Waals surface area contributed by atoms with Crippen molar-refractivity contribution in [3.63, 3.8) is 0 Å². The highest BCUT2D eigenvalue weighted by atomic mass is 16.5. The third-order valence-electron chi connectivity index (χ3n) is 4.53. The van der Waals surface area contributed by atoms with Gasteiger partial charge in [0.15, 0.2) is 5.96 Å². The molecule has 0 unspecified atom stereocenters. The molecule has 0 spiro atoms. The first-order chi connectivity index (χ1) is 12.7. The minimum Gasteiger partial charge on any atom is -0.383 e. The molecule has 6 nitrogen and oxygen atoms in total. The lowest BCUT2D eigenvalue weighted by Crippen LogP contribution is -2.38. The molecule has 1 aromatic rings. The fraction of sp³-hybridized carbons (Fsp3) is 0.600. The minimum absolute atomic E-state index is 0.153. The number of hydrogen-bond donors (Lipinski definition) is 3. The van der Waals surface area contributed by atoms with Crippen molar-refractivity contribution in [3.05, 3.63) is 29.8 Å². The average molecular weight is 361 g/mol. The second-order valence-corrected chi connectivity index (χ2v) is 6.64. The lowest BCUT2D eigenvalue weighted by molar-refractivity contribution is -0.120. The predicted molar refractivity (Wildman–Crippen MR) is 106 cm³/mol. The molecule has 6 heteroatoms. The van der Waals surface area contributed by atoms with Crippen LogP contribution in [0.15, 0.2) is 29.3 Å². The SMILES string of the molecule is CCNC(=NCc1cccc(NC(=O)C2CCCCC2)c1)NCCOC. The standard InChI is InChI=1S/C20H32N4O2/c1-3-21-20(22-12-13-26-2)23-15-16-8-7-11-18(14-16)24-19(25)17-9-5-4-6-10-17/h7-8,11,14,17H,3-6,9-10,12-13,15H2,1-2H3,(H,24,25)(H2,21,22,23). The van der Waals surface area contributed by atoms with E-state index in [1.807, 2.05) is 31.2 Å². The molecule has 0 radical (unpaired) electrons. The van der Waals surface area contributed by atoms with Crippen LogP contribution in [0, 0.1) is 5.92 Å². The quantitative estimate of drug-likeness (QED) is 0.379. The third-order valence-corrected chi connectivity index (χ3v) is 4.53. The number of amides is 1. The Kier molecular flexibility index (Phi) is 8.96. The average Bonchev–Trinajstić information content (AvgIpc) is 2.67. The summed E-state index contributed by atoms with van der Waals surface area (Å²) in [6, 6.07) is 7.93. The van der Waals surface area contributed by atoms with Crippen LogP contribution < -0.4 is 16.0 Å². The third kappa shape index (κ3) is 7.04. The maximum absolute atomic E-state index is 12.4. The maximum Gasteiger partial charge on any atom is 0.227 e. The van der Waals surface area contributed by atoms with E-state index >= 15 is 0 Å². The van der Waals surface area contributed by atoms with Crippen molar-refractivity contribution in [1.29, 1.82) is 0 Å². The number of carbonyl (C=O) groups is 1. The Balaban J connectivity index is 1.92. The van der Waals surface area contributed by atoms with Crippen molar-refractivity contribution >= 4 is 17.6 Å². The van der Waals surface area contributed by atoms with Crippen molar-refractivity contribution in [2.24, 2.45) is 10.9 Å². The van der Waals surface area contributed by atoms with E-state index in [9.17, 15) is 4.79 Å². The number of aliphatic imine (C=N–C) groups is 1. The molecular formula is C20H32N4O2. The zero-order chi connectivity index (χ0) is 18.6. The summed E-state index contributed by atoms with van der Waals surface area (Å²) in [6.45, 7) is 4.73. The summed E-state index contributed by atoms with van der Waals surface area (Å²) in [5, 5.41) is 9.51. The summed E-state index contributed by atoms with van der Waals surface area (Å²) >= 11 is 0. The molecule has 1 saturated carbocycles. The Morgan fingerprint density at radius 2 is 2.04 bits per heavy atom. The summed E-state index contributed by atoms with van der Waals surface area (Å²) in [5.41, 5.74) is 1.92. The van der Waals surface area contributed by atoms with Crippen LogP contribution in [0.4, 0.5) is 5.69 Å². The van der Waals surface area contributed by atoms with Gasteiger partial charge in [-0.25, -0.2) is 4.99 Å². The Morgan fingerprint density at radius 3 is 2.77 bits per heavy atom. The fourth-order valence-electron chi connectivity index (χ4n) is 3.14. The lowest BCUT2D eigenvalue weighted by Gasteiger charge is -2.20. The van der Waals surface area contributed by atoms with Gasteiger partial charge in [-0.2, -0.15) is 0 Å². The molecule has 144 valence electrons. The van der Waals surface area contributed by atoms with Crippen molar-refractivity contribution in [2.45, 2.75) is 45.6 Å². The number of nitrogens with zero attached hydrogens (tertiary/aromatic N) is 1.